The fourth-order valence-corrected chi connectivity index (χ4v) is 4.10. The van der Waals surface area contributed by atoms with Gasteiger partial charge in [0.05, 0.1) is 16.0 Å². The van der Waals surface area contributed by atoms with Gasteiger partial charge in [0.2, 0.25) is 0 Å². The fraction of sp³-hybridized carbons (Fsp3) is 0.471. The molecule has 0 saturated heterocycles. The average Bonchev–Trinajstić information content (AvgIpc) is 3.03. The van der Waals surface area contributed by atoms with Gasteiger partial charge in [0.15, 0.2) is 0 Å². The molecule has 1 aliphatic carbocycles. The molecule has 2 unspecified atom stereocenters. The number of para-hydroxylation sites is 1. The van der Waals surface area contributed by atoms with Crippen molar-refractivity contribution in [2.75, 3.05) is 6.54 Å². The standard InChI is InChI=1S/C17H19Cl2N5O4/c1-2-22(11-6-3-5-10(9-11)15(25)26)16(27)24-17(28)23(20-21-24)14-12(18)7-4-8-13(14)19/h4,7-8,10-11H,2-3,5-6,9H2,1H3,(H,25,26). The Hall–Kier alpha value is -2.39. The molecule has 2 aromatic rings. The van der Waals surface area contributed by atoms with E-state index in [1.807, 2.05) is 0 Å². The molecule has 1 aromatic carbocycles. The molecule has 1 N–H and O–H groups in total. The van der Waals surface area contributed by atoms with Crippen molar-refractivity contribution in [3.63, 3.8) is 0 Å². The molecule has 1 saturated carbocycles. The van der Waals surface area contributed by atoms with E-state index in [2.05, 4.69) is 10.4 Å². The van der Waals surface area contributed by atoms with E-state index >= 15 is 0 Å². The Morgan fingerprint density at radius 3 is 2.54 bits per heavy atom. The van der Waals surface area contributed by atoms with Gasteiger partial charge < -0.3 is 10.0 Å². The Kier molecular flexibility index (Phi) is 6.04. The fourth-order valence-electron chi connectivity index (χ4n) is 3.54. The van der Waals surface area contributed by atoms with Crippen molar-refractivity contribution < 1.29 is 14.7 Å². The van der Waals surface area contributed by atoms with Crippen molar-refractivity contribution in [1.82, 2.24) is 24.7 Å². The van der Waals surface area contributed by atoms with Crippen molar-refractivity contribution in [3.05, 3.63) is 38.7 Å². The predicted molar refractivity (Wildman–Crippen MR) is 102 cm³/mol. The number of halogens is 2. The first-order valence-corrected chi connectivity index (χ1v) is 9.64. The Labute approximate surface area is 170 Å². The van der Waals surface area contributed by atoms with Crippen molar-refractivity contribution in [2.45, 2.75) is 38.6 Å². The number of amides is 1. The molecule has 1 heterocycles. The van der Waals surface area contributed by atoms with Crippen LogP contribution in [0.4, 0.5) is 4.79 Å². The first-order chi connectivity index (χ1) is 13.3. The molecule has 1 aromatic heterocycles. The number of hydrogen-bond donors (Lipinski definition) is 1. The van der Waals surface area contributed by atoms with Gasteiger partial charge >= 0.3 is 17.7 Å². The third kappa shape index (κ3) is 3.77. The summed E-state index contributed by atoms with van der Waals surface area (Å²) in [6.07, 6.45) is 2.29. The maximum absolute atomic E-state index is 12.9. The maximum atomic E-state index is 12.9. The van der Waals surface area contributed by atoms with Crippen LogP contribution in [0.3, 0.4) is 0 Å². The van der Waals surface area contributed by atoms with Crippen LogP contribution in [0.15, 0.2) is 23.0 Å². The summed E-state index contributed by atoms with van der Waals surface area (Å²) in [6, 6.07) is 3.77. The molecule has 1 amide bonds. The molecule has 0 spiro atoms. The number of rotatable bonds is 4. The van der Waals surface area contributed by atoms with E-state index < -0.39 is 23.6 Å². The zero-order chi connectivity index (χ0) is 20.4. The highest BCUT2D eigenvalue weighted by Gasteiger charge is 2.34. The minimum atomic E-state index is -0.871. The lowest BCUT2D eigenvalue weighted by atomic mass is 9.85. The van der Waals surface area contributed by atoms with Gasteiger partial charge in [0, 0.05) is 12.6 Å². The summed E-state index contributed by atoms with van der Waals surface area (Å²) in [5.41, 5.74) is -0.661. The van der Waals surface area contributed by atoms with Crippen LogP contribution in [0.25, 0.3) is 5.69 Å². The predicted octanol–water partition coefficient (Wildman–Crippen LogP) is 2.67. The van der Waals surface area contributed by atoms with Crippen LogP contribution in [-0.2, 0) is 4.79 Å². The Morgan fingerprint density at radius 2 is 1.93 bits per heavy atom. The quantitative estimate of drug-likeness (QED) is 0.750. The highest BCUT2D eigenvalue weighted by molar-refractivity contribution is 6.37. The highest BCUT2D eigenvalue weighted by Crippen LogP contribution is 2.29. The summed E-state index contributed by atoms with van der Waals surface area (Å²) in [5.74, 6) is -1.38. The molecule has 2 atom stereocenters. The molecular formula is C17H19Cl2N5O4. The first kappa shape index (κ1) is 20.3. The molecular weight excluding hydrogens is 409 g/mol. The summed E-state index contributed by atoms with van der Waals surface area (Å²) in [4.78, 5) is 38.5. The minimum Gasteiger partial charge on any atom is -0.481 e. The normalized spacial score (nSPS) is 19.4. The molecule has 28 heavy (non-hydrogen) atoms. The van der Waals surface area contributed by atoms with Crippen molar-refractivity contribution in [2.24, 2.45) is 5.92 Å². The number of aliphatic carboxylic acids is 1. The van der Waals surface area contributed by atoms with Crippen molar-refractivity contribution in [1.29, 1.82) is 0 Å². The molecule has 0 radical (unpaired) electrons. The zero-order valence-corrected chi connectivity index (χ0v) is 16.6. The van der Waals surface area contributed by atoms with E-state index in [-0.39, 0.29) is 21.8 Å². The van der Waals surface area contributed by atoms with Crippen LogP contribution in [0.1, 0.15) is 32.6 Å². The second kappa shape index (κ2) is 8.32. The molecule has 1 aliphatic rings. The third-order valence-electron chi connectivity index (χ3n) is 4.93. The number of benzene rings is 1. The van der Waals surface area contributed by atoms with E-state index in [1.54, 1.807) is 25.1 Å². The number of carbonyl (C=O) groups excluding carboxylic acids is 1. The van der Waals surface area contributed by atoms with Gasteiger partial charge in [0.1, 0.15) is 5.69 Å². The van der Waals surface area contributed by atoms with Crippen LogP contribution >= 0.6 is 23.2 Å². The average molecular weight is 428 g/mol. The Morgan fingerprint density at radius 1 is 1.25 bits per heavy atom. The lowest BCUT2D eigenvalue weighted by Crippen LogP contribution is -2.48. The smallest absolute Gasteiger partial charge is 0.377 e. The van der Waals surface area contributed by atoms with Gasteiger partial charge in [-0.2, -0.15) is 4.68 Å². The number of hydrogen-bond acceptors (Lipinski definition) is 5. The number of carboxylic acid groups (broad SMARTS) is 1. The molecule has 1 fully saturated rings. The Bertz CT molecular complexity index is 937. The van der Waals surface area contributed by atoms with Crippen LogP contribution in [0.2, 0.25) is 10.0 Å². The van der Waals surface area contributed by atoms with Crippen LogP contribution in [0, 0.1) is 5.92 Å². The molecule has 3 rings (SSSR count). The lowest BCUT2D eigenvalue weighted by Gasteiger charge is -2.35. The van der Waals surface area contributed by atoms with Crippen LogP contribution in [0.5, 0.6) is 0 Å². The summed E-state index contributed by atoms with van der Waals surface area (Å²) >= 11 is 12.2. The number of carbonyl (C=O) groups is 2. The van der Waals surface area contributed by atoms with Gasteiger partial charge in [-0.25, -0.2) is 9.59 Å². The topological polar surface area (TPSA) is 110 Å². The largest absolute Gasteiger partial charge is 0.481 e. The molecule has 0 bridgehead atoms. The molecule has 11 heteroatoms. The minimum absolute atomic E-state index is 0.140. The Balaban J connectivity index is 1.91. The SMILES string of the molecule is CCN(C(=O)n1nnn(-c2c(Cl)cccc2Cl)c1=O)C1CCCC(C(=O)O)C1. The van der Waals surface area contributed by atoms with E-state index in [0.717, 1.165) is 4.68 Å². The van der Waals surface area contributed by atoms with E-state index in [0.29, 0.717) is 36.9 Å². The van der Waals surface area contributed by atoms with Crippen LogP contribution in [-0.4, -0.2) is 54.4 Å². The zero-order valence-electron chi connectivity index (χ0n) is 15.1. The number of aromatic nitrogens is 4. The van der Waals surface area contributed by atoms with E-state index in [9.17, 15) is 19.5 Å². The number of carboxylic acids is 1. The number of nitrogens with zero attached hydrogens (tertiary/aromatic N) is 5. The summed E-state index contributed by atoms with van der Waals surface area (Å²) in [5, 5.41) is 17.1. The van der Waals surface area contributed by atoms with Gasteiger partial charge in [-0.3, -0.25) is 4.79 Å². The van der Waals surface area contributed by atoms with Crippen molar-refractivity contribution in [3.8, 4) is 5.69 Å². The van der Waals surface area contributed by atoms with Gasteiger partial charge in [-0.15, -0.1) is 4.68 Å². The summed E-state index contributed by atoms with van der Waals surface area (Å²) < 4.78 is 1.52. The highest BCUT2D eigenvalue weighted by atomic mass is 35.5. The van der Waals surface area contributed by atoms with Gasteiger partial charge in [0.25, 0.3) is 0 Å². The third-order valence-corrected chi connectivity index (χ3v) is 5.54. The first-order valence-electron chi connectivity index (χ1n) is 8.88. The van der Waals surface area contributed by atoms with Crippen LogP contribution < -0.4 is 5.69 Å². The van der Waals surface area contributed by atoms with Crippen molar-refractivity contribution >= 4 is 35.2 Å². The number of tetrazole rings is 1. The monoisotopic (exact) mass is 427 g/mol. The second-order valence-corrected chi connectivity index (χ2v) is 7.39. The van der Waals surface area contributed by atoms with Gasteiger partial charge in [-0.05, 0) is 48.7 Å². The molecule has 0 aliphatic heterocycles. The van der Waals surface area contributed by atoms with E-state index in [4.69, 9.17) is 23.2 Å². The summed E-state index contributed by atoms with van der Waals surface area (Å²) in [6.45, 7) is 2.07. The molecule has 150 valence electrons. The lowest BCUT2D eigenvalue weighted by molar-refractivity contribution is -0.143. The molecule has 9 nitrogen and oxygen atoms in total. The van der Waals surface area contributed by atoms with E-state index in [1.165, 1.54) is 4.90 Å². The summed E-state index contributed by atoms with van der Waals surface area (Å²) in [7, 11) is 0. The maximum Gasteiger partial charge on any atom is 0.377 e. The second-order valence-electron chi connectivity index (χ2n) is 6.58. The van der Waals surface area contributed by atoms with Gasteiger partial charge in [-0.1, -0.05) is 35.7 Å².